The topological polar surface area (TPSA) is 23.8 Å². The average Bonchev–Trinajstić information content (AvgIpc) is 2.57. The first-order chi connectivity index (χ1) is 6.72. The molecule has 14 heavy (non-hydrogen) atoms. The van der Waals surface area contributed by atoms with Crippen LogP contribution >= 0.6 is 27.3 Å². The molecule has 0 aliphatic rings. The second-order valence-corrected chi connectivity index (χ2v) is 4.81. The molecule has 0 spiro atoms. The zero-order chi connectivity index (χ0) is 10.1. The van der Waals surface area contributed by atoms with Gasteiger partial charge in [0.05, 0.1) is 17.2 Å². The van der Waals surface area contributed by atoms with Crippen molar-refractivity contribution >= 4 is 37.4 Å². The molecule has 1 aromatic heterocycles. The molecule has 0 atom stereocenters. The lowest BCUT2D eigenvalue weighted by Gasteiger charge is -1.93. The highest BCUT2D eigenvalue weighted by atomic mass is 79.9. The first kappa shape index (κ1) is 9.63. The van der Waals surface area contributed by atoms with Gasteiger partial charge in [-0.1, -0.05) is 15.9 Å². The van der Waals surface area contributed by atoms with Gasteiger partial charge in [-0.3, -0.25) is 0 Å². The number of fused-ring (bicyclic) bond motifs is 1. The van der Waals surface area contributed by atoms with E-state index in [1.807, 2.05) is 6.07 Å². The summed E-state index contributed by atoms with van der Waals surface area (Å²) in [5.74, 6) is -0.225. The van der Waals surface area contributed by atoms with Gasteiger partial charge >= 0.3 is 0 Å². The van der Waals surface area contributed by atoms with E-state index in [0.29, 0.717) is 11.1 Å². The molecule has 0 saturated carbocycles. The van der Waals surface area contributed by atoms with Crippen LogP contribution < -0.4 is 0 Å². The fourth-order valence-electron chi connectivity index (χ4n) is 1.27. The van der Waals surface area contributed by atoms with Gasteiger partial charge in [0.1, 0.15) is 5.82 Å². The fourth-order valence-corrected chi connectivity index (χ4v) is 2.87. The Bertz CT molecular complexity index is 488. The van der Waals surface area contributed by atoms with Gasteiger partial charge in [-0.05, 0) is 18.2 Å². The van der Waals surface area contributed by atoms with Crippen molar-refractivity contribution in [2.24, 2.45) is 0 Å². The lowest BCUT2D eigenvalue weighted by molar-refractivity contribution is 0.641. The highest BCUT2D eigenvalue weighted by Crippen LogP contribution is 2.33. The third-order valence-corrected chi connectivity index (χ3v) is 3.72. The lowest BCUT2D eigenvalue weighted by Crippen LogP contribution is -1.73. The van der Waals surface area contributed by atoms with Crippen LogP contribution in [0.5, 0.6) is 0 Å². The molecule has 0 saturated heterocycles. The van der Waals surface area contributed by atoms with Crippen molar-refractivity contribution in [3.05, 3.63) is 33.4 Å². The number of hydrogen-bond acceptors (Lipinski definition) is 2. The highest BCUT2D eigenvalue weighted by Gasteiger charge is 2.08. The van der Waals surface area contributed by atoms with E-state index < -0.39 is 0 Å². The molecule has 0 fully saturated rings. The minimum absolute atomic E-state index is 0.225. The Morgan fingerprint density at radius 2 is 2.29 bits per heavy atom. The van der Waals surface area contributed by atoms with Gasteiger partial charge in [0.25, 0.3) is 0 Å². The van der Waals surface area contributed by atoms with Crippen molar-refractivity contribution in [2.45, 2.75) is 6.42 Å². The molecular formula is C10H5BrFNS. The molecule has 1 aromatic carbocycles. The van der Waals surface area contributed by atoms with Gasteiger partial charge in [0.2, 0.25) is 0 Å². The maximum absolute atomic E-state index is 13.3. The maximum atomic E-state index is 13.3. The van der Waals surface area contributed by atoms with E-state index in [4.69, 9.17) is 5.26 Å². The molecule has 70 valence electrons. The molecule has 0 amide bonds. The van der Waals surface area contributed by atoms with Crippen LogP contribution in [0.4, 0.5) is 4.39 Å². The van der Waals surface area contributed by atoms with Gasteiger partial charge in [-0.15, -0.1) is 11.3 Å². The zero-order valence-electron chi connectivity index (χ0n) is 7.05. The van der Waals surface area contributed by atoms with Crippen LogP contribution in [0.3, 0.4) is 0 Å². The van der Waals surface area contributed by atoms with Crippen molar-refractivity contribution < 1.29 is 4.39 Å². The number of nitrogens with zero attached hydrogens (tertiary/aromatic N) is 1. The monoisotopic (exact) mass is 269 g/mol. The molecule has 0 aliphatic heterocycles. The van der Waals surface area contributed by atoms with E-state index >= 15 is 0 Å². The predicted molar refractivity (Wildman–Crippen MR) is 58.8 cm³/mol. The summed E-state index contributed by atoms with van der Waals surface area (Å²) >= 11 is 4.69. The van der Waals surface area contributed by atoms with Crippen molar-refractivity contribution in [1.82, 2.24) is 0 Å². The third kappa shape index (κ3) is 1.54. The molecule has 4 heteroatoms. The summed E-state index contributed by atoms with van der Waals surface area (Å²) in [5, 5.41) is 9.38. The van der Waals surface area contributed by atoms with Crippen LogP contribution in [0.2, 0.25) is 0 Å². The first-order valence-corrected chi connectivity index (χ1v) is 5.56. The lowest BCUT2D eigenvalue weighted by atomic mass is 10.2. The van der Waals surface area contributed by atoms with Gasteiger partial charge in [-0.2, -0.15) is 5.26 Å². The number of hydrogen-bond donors (Lipinski definition) is 0. The number of rotatable bonds is 1. The second-order valence-electron chi connectivity index (χ2n) is 2.82. The van der Waals surface area contributed by atoms with Crippen molar-refractivity contribution in [2.75, 3.05) is 0 Å². The van der Waals surface area contributed by atoms with Gasteiger partial charge in [-0.25, -0.2) is 4.39 Å². The van der Waals surface area contributed by atoms with E-state index in [1.165, 1.54) is 17.4 Å². The number of benzene rings is 1. The van der Waals surface area contributed by atoms with Crippen LogP contribution in [-0.4, -0.2) is 0 Å². The van der Waals surface area contributed by atoms with Crippen LogP contribution in [-0.2, 0) is 6.42 Å². The van der Waals surface area contributed by atoms with E-state index in [-0.39, 0.29) is 5.82 Å². The van der Waals surface area contributed by atoms with Crippen LogP contribution in [0, 0.1) is 17.1 Å². The Kier molecular flexibility index (Phi) is 2.53. The van der Waals surface area contributed by atoms with Crippen LogP contribution in [0.1, 0.15) is 4.88 Å². The highest BCUT2D eigenvalue weighted by molar-refractivity contribution is 9.10. The van der Waals surface area contributed by atoms with Crippen LogP contribution in [0.25, 0.3) is 10.1 Å². The predicted octanol–water partition coefficient (Wildman–Crippen LogP) is 3.87. The summed E-state index contributed by atoms with van der Waals surface area (Å²) in [6.07, 6.45) is 0.339. The van der Waals surface area contributed by atoms with Gasteiger partial charge in [0, 0.05) is 14.7 Å². The quantitative estimate of drug-likeness (QED) is 0.771. The van der Waals surface area contributed by atoms with Crippen molar-refractivity contribution in [1.29, 1.82) is 5.26 Å². The molecule has 1 heterocycles. The van der Waals surface area contributed by atoms with E-state index in [1.54, 1.807) is 6.07 Å². The Morgan fingerprint density at radius 3 is 2.93 bits per heavy atom. The summed E-state index contributed by atoms with van der Waals surface area (Å²) in [5.41, 5.74) is 0. The molecule has 0 radical (unpaired) electrons. The first-order valence-electron chi connectivity index (χ1n) is 3.95. The summed E-state index contributed by atoms with van der Waals surface area (Å²) in [7, 11) is 0. The summed E-state index contributed by atoms with van der Waals surface area (Å²) in [6.45, 7) is 0. The normalized spacial score (nSPS) is 10.4. The van der Waals surface area contributed by atoms with Crippen molar-refractivity contribution in [3.8, 4) is 6.07 Å². The molecule has 2 aromatic rings. The second kappa shape index (κ2) is 3.68. The Morgan fingerprint density at radius 1 is 1.50 bits per heavy atom. The summed E-state index contributed by atoms with van der Waals surface area (Å²) in [4.78, 5) is 0.897. The molecule has 1 nitrogen and oxygen atoms in total. The summed E-state index contributed by atoms with van der Waals surface area (Å²) in [6, 6.07) is 7.02. The fraction of sp³-hybridized carbons (Fsp3) is 0.100. The van der Waals surface area contributed by atoms with E-state index in [0.717, 1.165) is 14.7 Å². The minimum Gasteiger partial charge on any atom is -0.205 e. The molecule has 0 unspecified atom stereocenters. The van der Waals surface area contributed by atoms with Crippen LogP contribution in [0.15, 0.2) is 22.7 Å². The van der Waals surface area contributed by atoms with Gasteiger partial charge < -0.3 is 0 Å². The largest absolute Gasteiger partial charge is 0.205 e. The third-order valence-electron chi connectivity index (χ3n) is 1.89. The Labute approximate surface area is 92.9 Å². The molecule has 0 aliphatic carbocycles. The SMILES string of the molecule is N#CCc1cc2c(Br)ccc(F)c2s1. The van der Waals surface area contributed by atoms with E-state index in [9.17, 15) is 4.39 Å². The number of halogens is 2. The minimum atomic E-state index is -0.225. The zero-order valence-corrected chi connectivity index (χ0v) is 9.45. The van der Waals surface area contributed by atoms with E-state index in [2.05, 4.69) is 22.0 Å². The standard InChI is InChI=1S/C10H5BrFNS/c11-8-1-2-9(12)10-7(8)5-6(14-10)3-4-13/h1-2,5H,3H2. The number of thiophene rings is 1. The smallest absolute Gasteiger partial charge is 0.141 e. The Balaban J connectivity index is 2.70. The van der Waals surface area contributed by atoms with Gasteiger partial charge in [0.15, 0.2) is 0 Å². The maximum Gasteiger partial charge on any atom is 0.141 e. The molecule has 0 bridgehead atoms. The average molecular weight is 270 g/mol. The van der Waals surface area contributed by atoms with Crippen molar-refractivity contribution in [3.63, 3.8) is 0 Å². The number of nitriles is 1. The molecule has 2 rings (SSSR count). The Hall–Kier alpha value is -0.920. The summed E-state index contributed by atoms with van der Waals surface area (Å²) < 4.78 is 14.8. The molecule has 0 N–H and O–H groups in total. The molecular weight excluding hydrogens is 265 g/mol.